The van der Waals surface area contributed by atoms with Gasteiger partial charge in [-0.25, -0.2) is 0 Å². The summed E-state index contributed by atoms with van der Waals surface area (Å²) in [4.78, 5) is 25.8. The standard InChI is InChI=1S/C16H22N2O2/c1-12(18-9-4-3-5-10-18)16(20)17-15-8-6-7-14(11-15)13(2)19/h6-8,11-12H,3-5,9-10H2,1-2H3,(H,17,20)/t12-/m0/s1. The minimum Gasteiger partial charge on any atom is -0.325 e. The third-order valence-corrected chi connectivity index (χ3v) is 3.85. The van der Waals surface area contributed by atoms with Crippen molar-refractivity contribution in [2.75, 3.05) is 18.4 Å². The molecule has 2 rings (SSSR count). The first-order chi connectivity index (χ1) is 9.58. The molecular formula is C16H22N2O2. The quantitative estimate of drug-likeness (QED) is 0.859. The number of benzene rings is 1. The van der Waals surface area contributed by atoms with Crippen molar-refractivity contribution in [1.29, 1.82) is 0 Å². The van der Waals surface area contributed by atoms with Gasteiger partial charge in [0.25, 0.3) is 0 Å². The van der Waals surface area contributed by atoms with E-state index in [-0.39, 0.29) is 17.7 Å². The van der Waals surface area contributed by atoms with Gasteiger partial charge in [0.1, 0.15) is 0 Å². The molecule has 0 bridgehead atoms. The van der Waals surface area contributed by atoms with Crippen LogP contribution in [-0.4, -0.2) is 35.7 Å². The topological polar surface area (TPSA) is 49.4 Å². The highest BCUT2D eigenvalue weighted by molar-refractivity contribution is 5.98. The number of carbonyl (C=O) groups is 2. The minimum atomic E-state index is -0.128. The van der Waals surface area contributed by atoms with Crippen molar-refractivity contribution in [3.8, 4) is 0 Å². The zero-order valence-electron chi connectivity index (χ0n) is 12.2. The molecule has 4 nitrogen and oxygen atoms in total. The van der Waals surface area contributed by atoms with Crippen molar-refractivity contribution >= 4 is 17.4 Å². The first kappa shape index (κ1) is 14.7. The van der Waals surface area contributed by atoms with Crippen LogP contribution in [0, 0.1) is 0 Å². The van der Waals surface area contributed by atoms with Crippen LogP contribution in [0.1, 0.15) is 43.5 Å². The van der Waals surface area contributed by atoms with E-state index in [1.807, 2.05) is 13.0 Å². The minimum absolute atomic E-state index is 0.00479. The Kier molecular flexibility index (Phi) is 4.90. The van der Waals surface area contributed by atoms with E-state index in [4.69, 9.17) is 0 Å². The van der Waals surface area contributed by atoms with Gasteiger partial charge < -0.3 is 5.32 Å². The van der Waals surface area contributed by atoms with Gasteiger partial charge in [-0.2, -0.15) is 0 Å². The van der Waals surface area contributed by atoms with Crippen LogP contribution in [0.4, 0.5) is 5.69 Å². The molecule has 108 valence electrons. The van der Waals surface area contributed by atoms with Crippen LogP contribution < -0.4 is 5.32 Å². The lowest BCUT2D eigenvalue weighted by atomic mass is 10.1. The SMILES string of the molecule is CC(=O)c1cccc(NC(=O)[C@H](C)N2CCCCC2)c1. The molecular weight excluding hydrogens is 252 g/mol. The van der Waals surface area contributed by atoms with Crippen molar-refractivity contribution in [2.24, 2.45) is 0 Å². The van der Waals surface area contributed by atoms with Crippen LogP contribution in [0.5, 0.6) is 0 Å². The summed E-state index contributed by atoms with van der Waals surface area (Å²) in [6.45, 7) is 5.44. The maximum atomic E-state index is 12.3. The van der Waals surface area contributed by atoms with Crippen molar-refractivity contribution in [3.05, 3.63) is 29.8 Å². The van der Waals surface area contributed by atoms with E-state index in [0.717, 1.165) is 25.9 Å². The van der Waals surface area contributed by atoms with Gasteiger partial charge in [-0.15, -0.1) is 0 Å². The van der Waals surface area contributed by atoms with Crippen LogP contribution in [0.15, 0.2) is 24.3 Å². The normalized spacial score (nSPS) is 17.5. The van der Waals surface area contributed by atoms with E-state index in [9.17, 15) is 9.59 Å². The highest BCUT2D eigenvalue weighted by atomic mass is 16.2. The van der Waals surface area contributed by atoms with Crippen molar-refractivity contribution in [2.45, 2.75) is 39.2 Å². The van der Waals surface area contributed by atoms with E-state index in [1.54, 1.807) is 18.2 Å². The Morgan fingerprint density at radius 2 is 1.90 bits per heavy atom. The number of Topliss-reactive ketones (excluding diaryl/α,β-unsaturated/α-hetero) is 1. The van der Waals surface area contributed by atoms with E-state index in [2.05, 4.69) is 10.2 Å². The number of ketones is 1. The van der Waals surface area contributed by atoms with Crippen molar-refractivity contribution < 1.29 is 9.59 Å². The molecule has 1 aromatic carbocycles. The molecule has 1 saturated heterocycles. The zero-order chi connectivity index (χ0) is 14.5. The summed E-state index contributed by atoms with van der Waals surface area (Å²) in [6, 6.07) is 6.96. The largest absolute Gasteiger partial charge is 0.325 e. The third-order valence-electron chi connectivity index (χ3n) is 3.85. The molecule has 0 unspecified atom stereocenters. The molecule has 1 heterocycles. The molecule has 0 aliphatic carbocycles. The number of carbonyl (C=O) groups excluding carboxylic acids is 2. The van der Waals surface area contributed by atoms with Crippen LogP contribution in [0.2, 0.25) is 0 Å². The number of hydrogen-bond acceptors (Lipinski definition) is 3. The molecule has 0 radical (unpaired) electrons. The van der Waals surface area contributed by atoms with E-state index in [0.29, 0.717) is 11.3 Å². The molecule has 0 saturated carbocycles. The van der Waals surface area contributed by atoms with Gasteiger partial charge in [0.15, 0.2) is 5.78 Å². The Morgan fingerprint density at radius 3 is 2.55 bits per heavy atom. The number of hydrogen-bond donors (Lipinski definition) is 1. The smallest absolute Gasteiger partial charge is 0.241 e. The van der Waals surface area contributed by atoms with E-state index >= 15 is 0 Å². The molecule has 1 fully saturated rings. The summed E-state index contributed by atoms with van der Waals surface area (Å²) < 4.78 is 0. The number of nitrogens with one attached hydrogen (secondary N) is 1. The second-order valence-corrected chi connectivity index (χ2v) is 5.40. The molecule has 0 aromatic heterocycles. The number of nitrogens with zero attached hydrogens (tertiary/aromatic N) is 1. The summed E-state index contributed by atoms with van der Waals surface area (Å²) in [6.07, 6.45) is 3.58. The number of rotatable bonds is 4. The number of likely N-dealkylation sites (tertiary alicyclic amines) is 1. The van der Waals surface area contributed by atoms with Gasteiger partial charge in [-0.3, -0.25) is 14.5 Å². The molecule has 4 heteroatoms. The number of anilines is 1. The Bertz CT molecular complexity index is 493. The number of piperidine rings is 1. The average Bonchev–Trinajstić information content (AvgIpc) is 2.47. The fourth-order valence-electron chi connectivity index (χ4n) is 2.53. The Hall–Kier alpha value is -1.68. The average molecular weight is 274 g/mol. The van der Waals surface area contributed by atoms with Gasteiger partial charge in [-0.1, -0.05) is 18.6 Å². The summed E-state index contributed by atoms with van der Waals surface area (Å²) >= 11 is 0. The lowest BCUT2D eigenvalue weighted by molar-refractivity contribution is -0.121. The Labute approximate surface area is 120 Å². The maximum absolute atomic E-state index is 12.3. The van der Waals surface area contributed by atoms with E-state index in [1.165, 1.54) is 13.3 Å². The molecule has 1 N–H and O–H groups in total. The first-order valence-electron chi connectivity index (χ1n) is 7.24. The molecule has 1 aromatic rings. The van der Waals surface area contributed by atoms with Gasteiger partial charge in [-0.05, 0) is 51.9 Å². The molecule has 1 amide bonds. The number of amides is 1. The predicted molar refractivity (Wildman–Crippen MR) is 80.0 cm³/mol. The van der Waals surface area contributed by atoms with Crippen LogP contribution >= 0.6 is 0 Å². The highest BCUT2D eigenvalue weighted by Crippen LogP contribution is 2.15. The van der Waals surface area contributed by atoms with Crippen LogP contribution in [-0.2, 0) is 4.79 Å². The third kappa shape index (κ3) is 3.67. The second-order valence-electron chi connectivity index (χ2n) is 5.40. The Balaban J connectivity index is 1.99. The van der Waals surface area contributed by atoms with Crippen molar-refractivity contribution in [1.82, 2.24) is 4.90 Å². The summed E-state index contributed by atoms with van der Waals surface area (Å²) in [7, 11) is 0. The lowest BCUT2D eigenvalue weighted by Crippen LogP contribution is -2.44. The van der Waals surface area contributed by atoms with Crippen LogP contribution in [0.3, 0.4) is 0 Å². The monoisotopic (exact) mass is 274 g/mol. The Morgan fingerprint density at radius 1 is 1.20 bits per heavy atom. The second kappa shape index (κ2) is 6.66. The van der Waals surface area contributed by atoms with Gasteiger partial charge >= 0.3 is 0 Å². The van der Waals surface area contributed by atoms with Gasteiger partial charge in [0.2, 0.25) is 5.91 Å². The molecule has 0 spiro atoms. The molecule has 20 heavy (non-hydrogen) atoms. The predicted octanol–water partition coefficient (Wildman–Crippen LogP) is 2.70. The van der Waals surface area contributed by atoms with E-state index < -0.39 is 0 Å². The fraction of sp³-hybridized carbons (Fsp3) is 0.500. The first-order valence-corrected chi connectivity index (χ1v) is 7.24. The van der Waals surface area contributed by atoms with Gasteiger partial charge in [0.05, 0.1) is 6.04 Å². The fourth-order valence-corrected chi connectivity index (χ4v) is 2.53. The summed E-state index contributed by atoms with van der Waals surface area (Å²) in [5, 5.41) is 2.90. The summed E-state index contributed by atoms with van der Waals surface area (Å²) in [5.74, 6) is -0.00206. The van der Waals surface area contributed by atoms with Crippen LogP contribution in [0.25, 0.3) is 0 Å². The lowest BCUT2D eigenvalue weighted by Gasteiger charge is -2.31. The molecule has 1 aliphatic heterocycles. The highest BCUT2D eigenvalue weighted by Gasteiger charge is 2.22. The molecule has 1 aliphatic rings. The maximum Gasteiger partial charge on any atom is 0.241 e. The molecule has 1 atom stereocenters. The van der Waals surface area contributed by atoms with Crippen molar-refractivity contribution in [3.63, 3.8) is 0 Å². The summed E-state index contributed by atoms with van der Waals surface area (Å²) in [5.41, 5.74) is 1.31. The zero-order valence-corrected chi connectivity index (χ0v) is 12.2. The van der Waals surface area contributed by atoms with Gasteiger partial charge in [0, 0.05) is 11.3 Å².